The van der Waals surface area contributed by atoms with Crippen molar-refractivity contribution in [3.05, 3.63) is 16.1 Å². The van der Waals surface area contributed by atoms with Crippen molar-refractivity contribution in [2.75, 3.05) is 30.3 Å². The Bertz CT molecular complexity index is 439. The van der Waals surface area contributed by atoms with E-state index in [2.05, 4.69) is 22.5 Å². The molecule has 0 atom stereocenters. The van der Waals surface area contributed by atoms with Gasteiger partial charge < -0.3 is 15.4 Å². The summed E-state index contributed by atoms with van der Waals surface area (Å²) in [5, 5.41) is 7.42. The molecule has 6 heteroatoms. The Balaban J connectivity index is 2.79. The lowest BCUT2D eigenvalue weighted by Crippen LogP contribution is -2.33. The number of hydrogen-bond acceptors (Lipinski definition) is 4. The highest BCUT2D eigenvalue weighted by Crippen LogP contribution is 2.29. The molecule has 1 rings (SSSR count). The van der Waals surface area contributed by atoms with Gasteiger partial charge in [0.15, 0.2) is 0 Å². The van der Waals surface area contributed by atoms with Crippen molar-refractivity contribution >= 4 is 34.8 Å². The van der Waals surface area contributed by atoms with Crippen molar-refractivity contribution in [2.45, 2.75) is 39.7 Å². The number of aromatic nitrogens is 1. The number of nitrogens with zero attached hydrogens (tertiary/aromatic N) is 1. The summed E-state index contributed by atoms with van der Waals surface area (Å²) in [6.07, 6.45) is 1.00. The Labute approximate surface area is 131 Å². The molecule has 0 saturated carbocycles. The largest absolute Gasteiger partial charge is 0.374 e. The van der Waals surface area contributed by atoms with Gasteiger partial charge in [-0.05, 0) is 33.3 Å². The molecule has 0 fully saturated rings. The first-order valence-electron chi connectivity index (χ1n) is 6.87. The number of nitrogens with one attached hydrogen (secondary N) is 2. The SMILES string of the molecule is CCCNc1nc(NCC(C)(C)OCC)c(Cl)cc1Cl. The minimum Gasteiger partial charge on any atom is -0.374 e. The predicted octanol–water partition coefficient (Wildman–Crippen LogP) is 4.44. The molecular weight excluding hydrogens is 297 g/mol. The highest BCUT2D eigenvalue weighted by molar-refractivity contribution is 6.37. The van der Waals surface area contributed by atoms with Crippen LogP contribution in [0.25, 0.3) is 0 Å². The standard InChI is InChI=1S/C14H23Cl2N3O/c1-5-7-17-12-10(15)8-11(16)13(19-12)18-9-14(3,4)20-6-2/h8H,5-7,9H2,1-4H3,(H2,17,18,19). The first-order valence-corrected chi connectivity index (χ1v) is 7.63. The Morgan fingerprint density at radius 1 is 1.15 bits per heavy atom. The summed E-state index contributed by atoms with van der Waals surface area (Å²) in [5.41, 5.74) is -0.281. The normalized spacial score (nSPS) is 11.5. The minimum atomic E-state index is -0.281. The minimum absolute atomic E-state index is 0.281. The summed E-state index contributed by atoms with van der Waals surface area (Å²) in [6, 6.07) is 1.70. The summed E-state index contributed by atoms with van der Waals surface area (Å²) < 4.78 is 5.63. The Morgan fingerprint density at radius 2 is 1.75 bits per heavy atom. The maximum atomic E-state index is 6.16. The quantitative estimate of drug-likeness (QED) is 0.743. The highest BCUT2D eigenvalue weighted by atomic mass is 35.5. The Kier molecular flexibility index (Phi) is 6.86. The van der Waals surface area contributed by atoms with Gasteiger partial charge in [-0.25, -0.2) is 4.98 Å². The van der Waals surface area contributed by atoms with Crippen molar-refractivity contribution in [1.29, 1.82) is 0 Å². The van der Waals surface area contributed by atoms with Gasteiger partial charge in [-0.3, -0.25) is 0 Å². The second kappa shape index (κ2) is 7.91. The van der Waals surface area contributed by atoms with Crippen LogP contribution in [0.2, 0.25) is 10.0 Å². The molecule has 0 aromatic carbocycles. The van der Waals surface area contributed by atoms with Crippen LogP contribution in [0.4, 0.5) is 11.6 Å². The van der Waals surface area contributed by atoms with Gasteiger partial charge in [0.1, 0.15) is 11.6 Å². The molecule has 0 unspecified atom stereocenters. The fourth-order valence-electron chi connectivity index (χ4n) is 1.70. The Hall–Kier alpha value is -0.710. The third kappa shape index (κ3) is 5.35. The molecule has 114 valence electrons. The number of halogens is 2. The van der Waals surface area contributed by atoms with Crippen molar-refractivity contribution in [3.8, 4) is 0 Å². The van der Waals surface area contributed by atoms with Crippen molar-refractivity contribution in [3.63, 3.8) is 0 Å². The van der Waals surface area contributed by atoms with E-state index < -0.39 is 0 Å². The topological polar surface area (TPSA) is 46.2 Å². The molecule has 1 heterocycles. The molecule has 0 bridgehead atoms. The van der Waals surface area contributed by atoms with Crippen molar-refractivity contribution < 1.29 is 4.74 Å². The van der Waals surface area contributed by atoms with Crippen LogP contribution in [0.3, 0.4) is 0 Å². The number of rotatable bonds is 8. The maximum absolute atomic E-state index is 6.16. The number of pyridine rings is 1. The van der Waals surface area contributed by atoms with Gasteiger partial charge in [-0.15, -0.1) is 0 Å². The number of hydrogen-bond donors (Lipinski definition) is 2. The monoisotopic (exact) mass is 319 g/mol. The van der Waals surface area contributed by atoms with Gasteiger partial charge in [-0.1, -0.05) is 30.1 Å². The van der Waals surface area contributed by atoms with E-state index in [9.17, 15) is 0 Å². The molecular formula is C14H23Cl2N3O. The molecule has 20 heavy (non-hydrogen) atoms. The number of ether oxygens (including phenoxy) is 1. The zero-order chi connectivity index (χ0) is 15.2. The lowest BCUT2D eigenvalue weighted by atomic mass is 10.1. The predicted molar refractivity (Wildman–Crippen MR) is 87.2 cm³/mol. The van der Waals surface area contributed by atoms with E-state index in [4.69, 9.17) is 27.9 Å². The first kappa shape index (κ1) is 17.3. The average molecular weight is 320 g/mol. The molecule has 1 aromatic heterocycles. The van der Waals surface area contributed by atoms with Crippen molar-refractivity contribution in [2.24, 2.45) is 0 Å². The van der Waals surface area contributed by atoms with Crippen LogP contribution in [0, 0.1) is 0 Å². The fraction of sp³-hybridized carbons (Fsp3) is 0.643. The molecule has 0 saturated heterocycles. The molecule has 0 radical (unpaired) electrons. The summed E-state index contributed by atoms with van der Waals surface area (Å²) in [7, 11) is 0. The van der Waals surface area contributed by atoms with Crippen LogP contribution in [-0.4, -0.2) is 30.3 Å². The van der Waals surface area contributed by atoms with E-state index >= 15 is 0 Å². The number of anilines is 2. The van der Waals surface area contributed by atoms with Crippen LogP contribution >= 0.6 is 23.2 Å². The lowest BCUT2D eigenvalue weighted by molar-refractivity contribution is 0.000646. The second-order valence-corrected chi connectivity index (χ2v) is 5.94. The van der Waals surface area contributed by atoms with Crippen LogP contribution in [0.1, 0.15) is 34.1 Å². The average Bonchev–Trinajstić information content (AvgIpc) is 2.36. The van der Waals surface area contributed by atoms with Crippen LogP contribution in [0.15, 0.2) is 6.07 Å². The summed E-state index contributed by atoms with van der Waals surface area (Å²) >= 11 is 12.3. The van der Waals surface area contributed by atoms with Crippen LogP contribution < -0.4 is 10.6 Å². The van der Waals surface area contributed by atoms with E-state index in [-0.39, 0.29) is 5.60 Å². The van der Waals surface area contributed by atoms with Crippen molar-refractivity contribution in [1.82, 2.24) is 4.98 Å². The summed E-state index contributed by atoms with van der Waals surface area (Å²) in [6.45, 7) is 10.2. The molecule has 2 N–H and O–H groups in total. The molecule has 0 aliphatic heterocycles. The van der Waals surface area contributed by atoms with Crippen LogP contribution in [-0.2, 0) is 4.74 Å². The van der Waals surface area contributed by atoms with E-state index in [1.54, 1.807) is 6.07 Å². The smallest absolute Gasteiger partial charge is 0.147 e. The molecule has 1 aromatic rings. The third-order valence-corrected chi connectivity index (χ3v) is 3.26. The van der Waals surface area contributed by atoms with Gasteiger partial charge in [0.25, 0.3) is 0 Å². The lowest BCUT2D eigenvalue weighted by Gasteiger charge is -2.25. The third-order valence-electron chi connectivity index (χ3n) is 2.69. The Morgan fingerprint density at radius 3 is 2.30 bits per heavy atom. The van der Waals surface area contributed by atoms with E-state index in [0.717, 1.165) is 13.0 Å². The second-order valence-electron chi connectivity index (χ2n) is 5.12. The maximum Gasteiger partial charge on any atom is 0.147 e. The van der Waals surface area contributed by atoms with E-state index in [0.29, 0.717) is 34.8 Å². The van der Waals surface area contributed by atoms with Crippen LogP contribution in [0.5, 0.6) is 0 Å². The summed E-state index contributed by atoms with van der Waals surface area (Å²) in [5.74, 6) is 1.26. The van der Waals surface area contributed by atoms with E-state index in [1.807, 2.05) is 20.8 Å². The van der Waals surface area contributed by atoms with Gasteiger partial charge >= 0.3 is 0 Å². The van der Waals surface area contributed by atoms with Gasteiger partial charge in [-0.2, -0.15) is 0 Å². The van der Waals surface area contributed by atoms with Gasteiger partial charge in [0.2, 0.25) is 0 Å². The highest BCUT2D eigenvalue weighted by Gasteiger charge is 2.18. The van der Waals surface area contributed by atoms with E-state index in [1.165, 1.54) is 0 Å². The molecule has 0 spiro atoms. The van der Waals surface area contributed by atoms with Gasteiger partial charge in [0.05, 0.1) is 15.6 Å². The molecule has 0 aliphatic rings. The molecule has 4 nitrogen and oxygen atoms in total. The molecule has 0 amide bonds. The molecule has 0 aliphatic carbocycles. The fourth-order valence-corrected chi connectivity index (χ4v) is 2.19. The first-order chi connectivity index (χ1) is 9.39. The van der Waals surface area contributed by atoms with Gasteiger partial charge in [0, 0.05) is 19.7 Å². The zero-order valence-electron chi connectivity index (χ0n) is 12.5. The summed E-state index contributed by atoms with van der Waals surface area (Å²) in [4.78, 5) is 4.43. The zero-order valence-corrected chi connectivity index (χ0v) is 14.0.